The number of nitrogens with zero attached hydrogens (tertiary/aromatic N) is 3. The molecule has 24 heavy (non-hydrogen) atoms. The zero-order valence-corrected chi connectivity index (χ0v) is 14.0. The summed E-state index contributed by atoms with van der Waals surface area (Å²) >= 11 is 0. The summed E-state index contributed by atoms with van der Waals surface area (Å²) in [4.78, 5) is 24.6. The number of benzene rings is 1. The molecule has 0 bridgehead atoms. The van der Waals surface area contributed by atoms with E-state index in [1.54, 1.807) is 13.8 Å². The second-order valence-electron chi connectivity index (χ2n) is 5.86. The average Bonchev–Trinajstić information content (AvgIpc) is 2.91. The van der Waals surface area contributed by atoms with Crippen LogP contribution in [0, 0.1) is 27.7 Å². The molecule has 0 radical (unpaired) electrons. The van der Waals surface area contributed by atoms with Gasteiger partial charge in [-0.3, -0.25) is 9.59 Å². The first kappa shape index (κ1) is 15.9. The van der Waals surface area contributed by atoms with Crippen LogP contribution in [-0.2, 0) is 11.3 Å². The van der Waals surface area contributed by atoms with Gasteiger partial charge in [-0.15, -0.1) is 0 Å². The fourth-order valence-corrected chi connectivity index (χ4v) is 2.61. The van der Waals surface area contributed by atoms with E-state index < -0.39 is 5.56 Å². The average molecular weight is 326 g/mol. The second-order valence-corrected chi connectivity index (χ2v) is 5.86. The van der Waals surface area contributed by atoms with Gasteiger partial charge in [-0.1, -0.05) is 11.2 Å². The third-order valence-corrected chi connectivity index (χ3v) is 4.02. The highest BCUT2D eigenvalue weighted by Crippen LogP contribution is 2.17. The number of fused-ring (bicyclic) bond motifs is 1. The lowest BCUT2D eigenvalue weighted by molar-refractivity contribution is -0.117. The smallest absolute Gasteiger partial charge is 0.297 e. The molecule has 0 atom stereocenters. The van der Waals surface area contributed by atoms with E-state index in [4.69, 9.17) is 4.52 Å². The monoisotopic (exact) mass is 326 g/mol. The number of hydrogen-bond donors (Lipinski definition) is 1. The number of aryl methyl sites for hydroxylation is 4. The van der Waals surface area contributed by atoms with Crippen LogP contribution in [0.2, 0.25) is 0 Å². The van der Waals surface area contributed by atoms with Crippen molar-refractivity contribution < 1.29 is 9.32 Å². The second kappa shape index (κ2) is 5.92. The molecule has 2 heterocycles. The minimum Gasteiger partial charge on any atom is -0.360 e. The number of amides is 1. The third kappa shape index (κ3) is 2.80. The quantitative estimate of drug-likeness (QED) is 0.797. The van der Waals surface area contributed by atoms with Gasteiger partial charge in [0.25, 0.3) is 5.56 Å². The number of carbonyl (C=O) groups excluding carboxylic acids is 1. The van der Waals surface area contributed by atoms with Gasteiger partial charge in [0.2, 0.25) is 5.91 Å². The molecule has 1 N–H and O–H groups in total. The van der Waals surface area contributed by atoms with Gasteiger partial charge in [0.1, 0.15) is 12.3 Å². The van der Waals surface area contributed by atoms with Crippen LogP contribution in [0.3, 0.4) is 0 Å². The highest BCUT2D eigenvalue weighted by atomic mass is 16.5. The molecule has 7 nitrogen and oxygen atoms in total. The van der Waals surface area contributed by atoms with Crippen molar-refractivity contribution in [3.8, 4) is 0 Å². The van der Waals surface area contributed by atoms with Gasteiger partial charge in [0, 0.05) is 5.69 Å². The van der Waals surface area contributed by atoms with E-state index in [-0.39, 0.29) is 18.0 Å². The molecule has 124 valence electrons. The first-order chi connectivity index (χ1) is 11.4. The molecular weight excluding hydrogens is 308 g/mol. The summed E-state index contributed by atoms with van der Waals surface area (Å²) in [5.41, 5.74) is 3.27. The largest absolute Gasteiger partial charge is 0.360 e. The Morgan fingerprint density at radius 3 is 2.67 bits per heavy atom. The van der Waals surface area contributed by atoms with Gasteiger partial charge in [0.15, 0.2) is 5.52 Å². The van der Waals surface area contributed by atoms with Crippen LogP contribution >= 0.6 is 0 Å². The van der Waals surface area contributed by atoms with Crippen molar-refractivity contribution in [2.24, 2.45) is 0 Å². The molecule has 0 aliphatic rings. The first-order valence-electron chi connectivity index (χ1n) is 7.57. The van der Waals surface area contributed by atoms with Crippen LogP contribution in [0.1, 0.15) is 22.6 Å². The molecule has 3 aromatic rings. The molecule has 0 fully saturated rings. The van der Waals surface area contributed by atoms with E-state index >= 15 is 0 Å². The standard InChI is InChI=1S/C17H18N4O3/c1-9-5-6-13(7-10(9)2)18-14(22)8-21-17(23)16-15(11(3)19-21)12(4)24-20-16/h5-7H,8H2,1-4H3,(H,18,22). The summed E-state index contributed by atoms with van der Waals surface area (Å²) in [5.74, 6) is 0.214. The Kier molecular flexibility index (Phi) is 3.92. The molecule has 0 saturated heterocycles. The summed E-state index contributed by atoms with van der Waals surface area (Å²) in [6.07, 6.45) is 0. The maximum Gasteiger partial charge on any atom is 0.297 e. The van der Waals surface area contributed by atoms with E-state index in [0.717, 1.165) is 15.8 Å². The number of hydrogen-bond acceptors (Lipinski definition) is 5. The van der Waals surface area contributed by atoms with Crippen molar-refractivity contribution in [1.82, 2.24) is 14.9 Å². The molecule has 7 heteroatoms. The maximum absolute atomic E-state index is 12.4. The highest BCUT2D eigenvalue weighted by Gasteiger charge is 2.16. The van der Waals surface area contributed by atoms with Crippen molar-refractivity contribution in [2.45, 2.75) is 34.2 Å². The summed E-state index contributed by atoms with van der Waals surface area (Å²) in [7, 11) is 0. The van der Waals surface area contributed by atoms with E-state index in [9.17, 15) is 9.59 Å². The Bertz CT molecular complexity index is 1000. The Morgan fingerprint density at radius 1 is 1.21 bits per heavy atom. The molecule has 1 amide bonds. The van der Waals surface area contributed by atoms with E-state index in [1.807, 2.05) is 32.0 Å². The van der Waals surface area contributed by atoms with Gasteiger partial charge >= 0.3 is 0 Å². The molecule has 2 aromatic heterocycles. The maximum atomic E-state index is 12.4. The van der Waals surface area contributed by atoms with Gasteiger partial charge in [-0.2, -0.15) is 5.10 Å². The Balaban J connectivity index is 1.86. The number of anilines is 1. The lowest BCUT2D eigenvalue weighted by Gasteiger charge is -2.09. The Hall–Kier alpha value is -2.96. The minimum absolute atomic E-state index is 0.186. The summed E-state index contributed by atoms with van der Waals surface area (Å²) in [6.45, 7) is 7.27. The predicted octanol–water partition coefficient (Wildman–Crippen LogP) is 2.26. The Labute approximate surface area is 138 Å². The molecule has 1 aromatic carbocycles. The third-order valence-electron chi connectivity index (χ3n) is 4.02. The summed E-state index contributed by atoms with van der Waals surface area (Å²) < 4.78 is 6.16. The number of carbonyl (C=O) groups is 1. The first-order valence-corrected chi connectivity index (χ1v) is 7.57. The van der Waals surface area contributed by atoms with E-state index in [1.165, 1.54) is 0 Å². The minimum atomic E-state index is -0.442. The zero-order chi connectivity index (χ0) is 17.4. The molecule has 0 aliphatic carbocycles. The zero-order valence-electron chi connectivity index (χ0n) is 14.0. The van der Waals surface area contributed by atoms with Crippen molar-refractivity contribution in [3.63, 3.8) is 0 Å². The van der Waals surface area contributed by atoms with Gasteiger partial charge in [-0.05, 0) is 51.0 Å². The predicted molar refractivity (Wildman–Crippen MR) is 90.1 cm³/mol. The van der Waals surface area contributed by atoms with Crippen molar-refractivity contribution >= 4 is 22.5 Å². The summed E-state index contributed by atoms with van der Waals surface area (Å²) in [6, 6.07) is 5.65. The fraction of sp³-hybridized carbons (Fsp3) is 0.294. The lowest BCUT2D eigenvalue weighted by Crippen LogP contribution is -2.30. The molecule has 0 aliphatic heterocycles. The molecule has 0 saturated carbocycles. The summed E-state index contributed by atoms with van der Waals surface area (Å²) in [5, 5.41) is 11.3. The van der Waals surface area contributed by atoms with Crippen molar-refractivity contribution in [2.75, 3.05) is 5.32 Å². The van der Waals surface area contributed by atoms with Crippen molar-refractivity contribution in [1.29, 1.82) is 0 Å². The molecule has 0 spiro atoms. The lowest BCUT2D eigenvalue weighted by atomic mass is 10.1. The van der Waals surface area contributed by atoms with Crippen molar-refractivity contribution in [3.05, 3.63) is 51.1 Å². The fourth-order valence-electron chi connectivity index (χ4n) is 2.61. The molecule has 0 unspecified atom stereocenters. The van der Waals surface area contributed by atoms with Crippen LogP contribution in [0.15, 0.2) is 27.5 Å². The van der Waals surface area contributed by atoms with Crippen LogP contribution < -0.4 is 10.9 Å². The van der Waals surface area contributed by atoms with Crippen LogP contribution in [0.5, 0.6) is 0 Å². The van der Waals surface area contributed by atoms with Crippen LogP contribution in [0.4, 0.5) is 5.69 Å². The van der Waals surface area contributed by atoms with E-state index in [2.05, 4.69) is 15.6 Å². The number of aromatic nitrogens is 3. The SMILES string of the molecule is Cc1ccc(NC(=O)Cn2nc(C)c3c(C)onc3c2=O)cc1C. The van der Waals surface area contributed by atoms with E-state index in [0.29, 0.717) is 22.5 Å². The van der Waals surface area contributed by atoms with Crippen LogP contribution in [0.25, 0.3) is 10.9 Å². The molecule has 3 rings (SSSR count). The number of rotatable bonds is 3. The highest BCUT2D eigenvalue weighted by molar-refractivity contribution is 5.91. The van der Waals surface area contributed by atoms with Gasteiger partial charge in [0.05, 0.1) is 11.1 Å². The number of nitrogens with one attached hydrogen (secondary N) is 1. The van der Waals surface area contributed by atoms with Gasteiger partial charge in [-0.25, -0.2) is 4.68 Å². The topological polar surface area (TPSA) is 90.0 Å². The van der Waals surface area contributed by atoms with Gasteiger partial charge < -0.3 is 9.84 Å². The normalized spacial score (nSPS) is 11.0. The Morgan fingerprint density at radius 2 is 1.96 bits per heavy atom. The molecular formula is C17H18N4O3. The van der Waals surface area contributed by atoms with Crippen LogP contribution in [-0.4, -0.2) is 20.8 Å².